The van der Waals surface area contributed by atoms with Crippen LogP contribution in [0, 0.1) is 5.41 Å². The highest BCUT2D eigenvalue weighted by Gasteiger charge is 2.66. The lowest BCUT2D eigenvalue weighted by Gasteiger charge is -2.41. The monoisotopic (exact) mass is 542 g/mol. The van der Waals surface area contributed by atoms with Gasteiger partial charge in [-0.05, 0) is 32.6 Å². The van der Waals surface area contributed by atoms with Crippen molar-refractivity contribution in [1.29, 1.82) is 0 Å². The molecule has 0 aromatic carbocycles. The fourth-order valence-corrected chi connectivity index (χ4v) is 4.46. The first-order valence-electron chi connectivity index (χ1n) is 14.9. The minimum Gasteiger partial charge on any atom is -0.466 e. The van der Waals surface area contributed by atoms with Crippen molar-refractivity contribution in [3.05, 3.63) is 0 Å². The van der Waals surface area contributed by atoms with E-state index in [-0.39, 0.29) is 26.2 Å². The van der Waals surface area contributed by atoms with E-state index in [1.54, 1.807) is 0 Å². The number of ketones is 1. The number of carbonyl (C=O) groups is 4. The summed E-state index contributed by atoms with van der Waals surface area (Å²) in [6.07, 6.45) is 10.7. The highest BCUT2D eigenvalue weighted by atomic mass is 16.6. The number of esters is 3. The lowest BCUT2D eigenvalue weighted by Crippen LogP contribution is -2.63. The highest BCUT2D eigenvalue weighted by molar-refractivity contribution is 6.10. The standard InChI is InChI=1S/C30H54O8/c1-6-10-14-15-16-17-18-19-20-29(25(5)31,27(33)37-22-12-8-3)30(35,28(34)38-23-13-9-4)24-26(32)36-21-11-7-2/h35H,6-24H2,1-5H3. The second-order valence-corrected chi connectivity index (χ2v) is 10.3. The van der Waals surface area contributed by atoms with Crippen LogP contribution in [-0.2, 0) is 33.4 Å². The zero-order chi connectivity index (χ0) is 28.9. The predicted molar refractivity (Wildman–Crippen MR) is 148 cm³/mol. The van der Waals surface area contributed by atoms with E-state index in [2.05, 4.69) is 6.92 Å². The highest BCUT2D eigenvalue weighted by Crippen LogP contribution is 2.43. The van der Waals surface area contributed by atoms with Crippen molar-refractivity contribution in [2.75, 3.05) is 19.8 Å². The average molecular weight is 543 g/mol. The molecule has 0 amide bonds. The predicted octanol–water partition coefficient (Wildman–Crippen LogP) is 6.24. The van der Waals surface area contributed by atoms with E-state index in [1.807, 2.05) is 20.8 Å². The molecular formula is C30H54O8. The Bertz CT molecular complexity index is 692. The van der Waals surface area contributed by atoms with Crippen LogP contribution in [0.15, 0.2) is 0 Å². The molecule has 0 aliphatic heterocycles. The van der Waals surface area contributed by atoms with E-state index in [1.165, 1.54) is 19.8 Å². The summed E-state index contributed by atoms with van der Waals surface area (Å²) in [6, 6.07) is 0. The molecule has 0 spiro atoms. The Hall–Kier alpha value is -1.96. The molecular weight excluding hydrogens is 488 g/mol. The van der Waals surface area contributed by atoms with Gasteiger partial charge < -0.3 is 19.3 Å². The van der Waals surface area contributed by atoms with E-state index in [4.69, 9.17) is 14.2 Å². The maximum atomic E-state index is 13.6. The molecule has 0 aromatic rings. The number of Topliss-reactive ketones (excluding diaryl/α,β-unsaturated/α-hetero) is 1. The molecule has 0 aliphatic carbocycles. The van der Waals surface area contributed by atoms with Crippen molar-refractivity contribution >= 4 is 23.7 Å². The van der Waals surface area contributed by atoms with E-state index in [9.17, 15) is 24.3 Å². The Morgan fingerprint density at radius 1 is 0.579 bits per heavy atom. The molecule has 0 aliphatic rings. The molecule has 1 N–H and O–H groups in total. The summed E-state index contributed by atoms with van der Waals surface area (Å²) in [5, 5.41) is 11.9. The van der Waals surface area contributed by atoms with Gasteiger partial charge in [-0.25, -0.2) is 4.79 Å². The second-order valence-electron chi connectivity index (χ2n) is 10.3. The summed E-state index contributed by atoms with van der Waals surface area (Å²) < 4.78 is 16.0. The summed E-state index contributed by atoms with van der Waals surface area (Å²) in [5.41, 5.74) is -5.00. The third-order valence-corrected chi connectivity index (χ3v) is 7.02. The number of rotatable bonds is 24. The van der Waals surface area contributed by atoms with E-state index in [0.29, 0.717) is 32.1 Å². The fourth-order valence-electron chi connectivity index (χ4n) is 4.46. The number of hydrogen-bond donors (Lipinski definition) is 1. The number of carbonyl (C=O) groups excluding carboxylic acids is 4. The Labute approximate surface area is 230 Å². The minimum absolute atomic E-state index is 0.000841. The van der Waals surface area contributed by atoms with Gasteiger partial charge in [0.2, 0.25) is 0 Å². The minimum atomic E-state index is -2.74. The summed E-state index contributed by atoms with van der Waals surface area (Å²) in [4.78, 5) is 53.0. The number of hydrogen-bond acceptors (Lipinski definition) is 8. The van der Waals surface area contributed by atoms with E-state index < -0.39 is 41.1 Å². The quantitative estimate of drug-likeness (QED) is 0.0659. The zero-order valence-electron chi connectivity index (χ0n) is 24.7. The molecule has 0 heterocycles. The summed E-state index contributed by atoms with van der Waals surface area (Å²) in [5.74, 6) is -3.74. The first-order chi connectivity index (χ1) is 18.2. The molecule has 2 atom stereocenters. The van der Waals surface area contributed by atoms with Crippen molar-refractivity contribution < 1.29 is 38.5 Å². The molecule has 2 unspecified atom stereocenters. The lowest BCUT2D eigenvalue weighted by atomic mass is 9.64. The lowest BCUT2D eigenvalue weighted by molar-refractivity contribution is -0.202. The molecule has 38 heavy (non-hydrogen) atoms. The summed E-state index contributed by atoms with van der Waals surface area (Å²) >= 11 is 0. The summed E-state index contributed by atoms with van der Waals surface area (Å²) in [7, 11) is 0. The molecule has 0 bridgehead atoms. The molecule has 0 saturated carbocycles. The van der Waals surface area contributed by atoms with Gasteiger partial charge in [0.1, 0.15) is 0 Å². The van der Waals surface area contributed by atoms with E-state index >= 15 is 0 Å². The van der Waals surface area contributed by atoms with Gasteiger partial charge in [-0.1, -0.05) is 98.3 Å². The van der Waals surface area contributed by atoms with Crippen LogP contribution in [0.3, 0.4) is 0 Å². The zero-order valence-corrected chi connectivity index (χ0v) is 24.7. The Morgan fingerprint density at radius 2 is 1.00 bits per heavy atom. The SMILES string of the molecule is CCCCCCCCCCC(C(C)=O)(C(=O)OCCCC)C(O)(CC(=O)OCCCC)C(=O)OCCCC. The van der Waals surface area contributed by atoms with Gasteiger partial charge in [-0.3, -0.25) is 14.4 Å². The molecule has 0 saturated heterocycles. The maximum Gasteiger partial charge on any atom is 0.340 e. The van der Waals surface area contributed by atoms with Gasteiger partial charge in [-0.2, -0.15) is 0 Å². The molecule has 222 valence electrons. The average Bonchev–Trinajstić information content (AvgIpc) is 2.87. The molecule has 8 heteroatoms. The first-order valence-corrected chi connectivity index (χ1v) is 14.9. The Kier molecular flexibility index (Phi) is 19.9. The van der Waals surface area contributed by atoms with Gasteiger partial charge in [0.05, 0.1) is 26.2 Å². The van der Waals surface area contributed by atoms with Gasteiger partial charge in [0.25, 0.3) is 0 Å². The number of aliphatic hydroxyl groups is 1. The first kappa shape index (κ1) is 36.0. The van der Waals surface area contributed by atoms with Crippen LogP contribution in [0.1, 0.15) is 137 Å². The largest absolute Gasteiger partial charge is 0.466 e. The van der Waals surface area contributed by atoms with Crippen molar-refractivity contribution in [1.82, 2.24) is 0 Å². The fraction of sp³-hybridized carbons (Fsp3) is 0.867. The smallest absolute Gasteiger partial charge is 0.340 e. The maximum absolute atomic E-state index is 13.6. The van der Waals surface area contributed by atoms with Gasteiger partial charge in [-0.15, -0.1) is 0 Å². The van der Waals surface area contributed by atoms with Gasteiger partial charge in [0, 0.05) is 0 Å². The molecule has 0 radical (unpaired) electrons. The van der Waals surface area contributed by atoms with Crippen molar-refractivity contribution in [3.8, 4) is 0 Å². The molecule has 8 nitrogen and oxygen atoms in total. The van der Waals surface area contributed by atoms with Crippen molar-refractivity contribution in [2.24, 2.45) is 5.41 Å². The van der Waals surface area contributed by atoms with Crippen LogP contribution in [-0.4, -0.2) is 54.2 Å². The number of unbranched alkanes of at least 4 members (excludes halogenated alkanes) is 10. The molecule has 0 rings (SSSR count). The Balaban J connectivity index is 6.14. The van der Waals surface area contributed by atoms with Crippen LogP contribution < -0.4 is 0 Å². The van der Waals surface area contributed by atoms with E-state index in [0.717, 1.165) is 44.9 Å². The third-order valence-electron chi connectivity index (χ3n) is 7.02. The second kappa shape index (κ2) is 20.9. The van der Waals surface area contributed by atoms with Crippen LogP contribution in [0.5, 0.6) is 0 Å². The van der Waals surface area contributed by atoms with Crippen LogP contribution in [0.25, 0.3) is 0 Å². The topological polar surface area (TPSA) is 116 Å². The van der Waals surface area contributed by atoms with Crippen LogP contribution >= 0.6 is 0 Å². The molecule has 0 fully saturated rings. The van der Waals surface area contributed by atoms with Gasteiger partial charge in [0.15, 0.2) is 16.8 Å². The van der Waals surface area contributed by atoms with Crippen molar-refractivity contribution in [2.45, 2.75) is 143 Å². The molecule has 0 aromatic heterocycles. The third kappa shape index (κ3) is 11.8. The summed E-state index contributed by atoms with van der Waals surface area (Å²) in [6.45, 7) is 9.27. The normalized spacial score (nSPS) is 14.3. The van der Waals surface area contributed by atoms with Crippen LogP contribution in [0.4, 0.5) is 0 Å². The Morgan fingerprint density at radius 3 is 1.47 bits per heavy atom. The van der Waals surface area contributed by atoms with Crippen LogP contribution in [0.2, 0.25) is 0 Å². The van der Waals surface area contributed by atoms with Gasteiger partial charge >= 0.3 is 17.9 Å². The number of ether oxygens (including phenoxy) is 3. The van der Waals surface area contributed by atoms with Crippen molar-refractivity contribution in [3.63, 3.8) is 0 Å².